The Morgan fingerprint density at radius 1 is 0.971 bits per heavy atom. The lowest BCUT2D eigenvalue weighted by molar-refractivity contribution is -0.139. The van der Waals surface area contributed by atoms with Crippen molar-refractivity contribution in [2.24, 2.45) is 5.92 Å². The van der Waals surface area contributed by atoms with Crippen molar-refractivity contribution in [3.63, 3.8) is 0 Å². The van der Waals surface area contributed by atoms with Crippen molar-refractivity contribution in [1.82, 2.24) is 4.90 Å². The first-order valence-corrected chi connectivity index (χ1v) is 12.5. The standard InChI is InChI=1S/C26H26FNO5S/c1-32-23-13-15-24(16-14-23)34(30,31)33-25-8-3-2-5-21(25)18-28(26(29)20-6-4-7-20)17-19-9-11-22(27)12-10-19/h2-3,5,8-16,20H,4,6-7,17-18H2,1H3. The fourth-order valence-corrected chi connectivity index (χ4v) is 4.73. The van der Waals surface area contributed by atoms with E-state index >= 15 is 0 Å². The molecule has 0 aliphatic heterocycles. The number of ether oxygens (including phenoxy) is 1. The molecule has 0 spiro atoms. The van der Waals surface area contributed by atoms with Crippen LogP contribution in [0.4, 0.5) is 4.39 Å². The second-order valence-electron chi connectivity index (χ2n) is 8.27. The Hall–Kier alpha value is -3.39. The summed E-state index contributed by atoms with van der Waals surface area (Å²) < 4.78 is 49.7. The normalized spacial score (nSPS) is 13.7. The number of hydrogen-bond donors (Lipinski definition) is 0. The molecule has 0 unspecified atom stereocenters. The molecule has 0 bridgehead atoms. The van der Waals surface area contributed by atoms with E-state index in [1.807, 2.05) is 0 Å². The van der Waals surface area contributed by atoms with E-state index < -0.39 is 10.1 Å². The smallest absolute Gasteiger partial charge is 0.339 e. The Morgan fingerprint density at radius 2 is 1.65 bits per heavy atom. The molecule has 4 rings (SSSR count). The highest BCUT2D eigenvalue weighted by Crippen LogP contribution is 2.31. The molecular formula is C26H26FNO5S. The Bertz CT molecular complexity index is 1240. The Labute approximate surface area is 199 Å². The number of rotatable bonds is 9. The van der Waals surface area contributed by atoms with Crippen LogP contribution in [-0.2, 0) is 28.0 Å². The van der Waals surface area contributed by atoms with E-state index in [0.29, 0.717) is 11.3 Å². The molecule has 178 valence electrons. The van der Waals surface area contributed by atoms with Crippen molar-refractivity contribution < 1.29 is 26.5 Å². The van der Waals surface area contributed by atoms with Crippen LogP contribution in [0, 0.1) is 11.7 Å². The number of benzene rings is 3. The first kappa shape index (κ1) is 23.8. The van der Waals surface area contributed by atoms with Gasteiger partial charge < -0.3 is 13.8 Å². The second kappa shape index (κ2) is 10.3. The van der Waals surface area contributed by atoms with E-state index in [1.165, 1.54) is 31.4 Å². The molecule has 1 aliphatic rings. The summed E-state index contributed by atoms with van der Waals surface area (Å²) >= 11 is 0. The van der Waals surface area contributed by atoms with Crippen LogP contribution < -0.4 is 8.92 Å². The molecule has 0 radical (unpaired) electrons. The molecule has 1 amide bonds. The highest BCUT2D eigenvalue weighted by Gasteiger charge is 2.30. The van der Waals surface area contributed by atoms with E-state index in [-0.39, 0.29) is 41.4 Å². The molecule has 1 saturated carbocycles. The van der Waals surface area contributed by atoms with Crippen molar-refractivity contribution in [3.05, 3.63) is 89.7 Å². The van der Waals surface area contributed by atoms with Gasteiger partial charge in [0.2, 0.25) is 5.91 Å². The highest BCUT2D eigenvalue weighted by atomic mass is 32.2. The molecule has 3 aromatic rings. The van der Waals surface area contributed by atoms with Gasteiger partial charge in [-0.25, -0.2) is 4.39 Å². The minimum absolute atomic E-state index is 0.00295. The molecule has 0 saturated heterocycles. The molecule has 6 nitrogen and oxygen atoms in total. The zero-order valence-corrected chi connectivity index (χ0v) is 19.6. The van der Waals surface area contributed by atoms with Gasteiger partial charge >= 0.3 is 10.1 Å². The van der Waals surface area contributed by atoms with Crippen LogP contribution in [0.15, 0.2) is 77.7 Å². The van der Waals surface area contributed by atoms with Gasteiger partial charge in [-0.1, -0.05) is 36.8 Å². The molecule has 3 aromatic carbocycles. The quantitative estimate of drug-likeness (QED) is 0.404. The zero-order chi connectivity index (χ0) is 24.1. The maximum atomic E-state index is 13.4. The lowest BCUT2D eigenvalue weighted by Crippen LogP contribution is -2.38. The SMILES string of the molecule is COc1ccc(S(=O)(=O)Oc2ccccc2CN(Cc2ccc(F)cc2)C(=O)C2CCC2)cc1. The fraction of sp³-hybridized carbons (Fsp3) is 0.269. The van der Waals surface area contributed by atoms with Gasteiger partial charge in [0, 0.05) is 24.6 Å². The summed E-state index contributed by atoms with van der Waals surface area (Å²) in [6.45, 7) is 0.455. The molecule has 0 heterocycles. The van der Waals surface area contributed by atoms with Crippen LogP contribution in [0.1, 0.15) is 30.4 Å². The average molecular weight is 484 g/mol. The predicted molar refractivity (Wildman–Crippen MR) is 125 cm³/mol. The van der Waals surface area contributed by atoms with Gasteiger partial charge in [0.05, 0.1) is 7.11 Å². The van der Waals surface area contributed by atoms with Gasteiger partial charge in [-0.2, -0.15) is 8.42 Å². The third kappa shape index (κ3) is 5.56. The van der Waals surface area contributed by atoms with Crippen molar-refractivity contribution in [2.75, 3.05) is 7.11 Å². The van der Waals surface area contributed by atoms with Crippen LogP contribution in [0.25, 0.3) is 0 Å². The Balaban J connectivity index is 1.58. The molecule has 1 fully saturated rings. The van der Waals surface area contributed by atoms with Gasteiger partial charge in [0.15, 0.2) is 0 Å². The third-order valence-corrected chi connectivity index (χ3v) is 7.18. The lowest BCUT2D eigenvalue weighted by Gasteiger charge is -2.32. The Morgan fingerprint density at radius 3 is 2.26 bits per heavy atom. The second-order valence-corrected chi connectivity index (χ2v) is 9.82. The largest absolute Gasteiger partial charge is 0.497 e. The number of hydrogen-bond acceptors (Lipinski definition) is 5. The third-order valence-electron chi connectivity index (χ3n) is 5.93. The first-order valence-electron chi connectivity index (χ1n) is 11.1. The summed E-state index contributed by atoms with van der Waals surface area (Å²) in [5.74, 6) is 0.303. The first-order chi connectivity index (χ1) is 16.4. The van der Waals surface area contributed by atoms with Gasteiger partial charge in [0.1, 0.15) is 22.2 Å². The van der Waals surface area contributed by atoms with E-state index in [2.05, 4.69) is 0 Å². The van der Waals surface area contributed by atoms with Crippen LogP contribution in [0.5, 0.6) is 11.5 Å². The van der Waals surface area contributed by atoms with E-state index in [0.717, 1.165) is 24.8 Å². The Kier molecular flexibility index (Phi) is 7.17. The summed E-state index contributed by atoms with van der Waals surface area (Å²) in [5.41, 5.74) is 1.35. The summed E-state index contributed by atoms with van der Waals surface area (Å²) in [6.07, 6.45) is 2.69. The van der Waals surface area contributed by atoms with Crippen molar-refractivity contribution in [2.45, 2.75) is 37.2 Å². The number of carbonyl (C=O) groups excluding carboxylic acids is 1. The van der Waals surface area contributed by atoms with E-state index in [9.17, 15) is 17.6 Å². The minimum Gasteiger partial charge on any atom is -0.497 e. The number of amides is 1. The van der Waals surface area contributed by atoms with Crippen LogP contribution in [0.2, 0.25) is 0 Å². The van der Waals surface area contributed by atoms with Crippen LogP contribution >= 0.6 is 0 Å². The molecular weight excluding hydrogens is 457 g/mol. The van der Waals surface area contributed by atoms with E-state index in [4.69, 9.17) is 8.92 Å². The van der Waals surface area contributed by atoms with Gasteiger partial charge in [-0.3, -0.25) is 4.79 Å². The molecule has 34 heavy (non-hydrogen) atoms. The molecule has 1 aliphatic carbocycles. The molecule has 8 heteroatoms. The number of methoxy groups -OCH3 is 1. The van der Waals surface area contributed by atoms with Crippen molar-refractivity contribution in [3.8, 4) is 11.5 Å². The monoisotopic (exact) mass is 483 g/mol. The van der Waals surface area contributed by atoms with Crippen molar-refractivity contribution in [1.29, 1.82) is 0 Å². The fourth-order valence-electron chi connectivity index (χ4n) is 3.77. The summed E-state index contributed by atoms with van der Waals surface area (Å²) in [6, 6.07) is 18.7. The maximum Gasteiger partial charge on any atom is 0.339 e. The highest BCUT2D eigenvalue weighted by molar-refractivity contribution is 7.87. The van der Waals surface area contributed by atoms with Crippen molar-refractivity contribution >= 4 is 16.0 Å². The predicted octanol–water partition coefficient (Wildman–Crippen LogP) is 4.93. The van der Waals surface area contributed by atoms with Gasteiger partial charge in [-0.05, 0) is 60.9 Å². The molecule has 0 N–H and O–H groups in total. The van der Waals surface area contributed by atoms with Gasteiger partial charge in [-0.15, -0.1) is 0 Å². The molecule has 0 atom stereocenters. The number of halogens is 1. The number of carbonyl (C=O) groups is 1. The lowest BCUT2D eigenvalue weighted by atomic mass is 9.84. The summed E-state index contributed by atoms with van der Waals surface area (Å²) in [5, 5.41) is 0. The maximum absolute atomic E-state index is 13.4. The van der Waals surface area contributed by atoms with E-state index in [1.54, 1.807) is 53.4 Å². The minimum atomic E-state index is -4.09. The van der Waals surface area contributed by atoms with Gasteiger partial charge in [0.25, 0.3) is 0 Å². The molecule has 0 aromatic heterocycles. The van der Waals surface area contributed by atoms with Crippen LogP contribution in [0.3, 0.4) is 0 Å². The topological polar surface area (TPSA) is 72.9 Å². The summed E-state index contributed by atoms with van der Waals surface area (Å²) in [4.78, 5) is 14.8. The summed E-state index contributed by atoms with van der Waals surface area (Å²) in [7, 11) is -2.59. The van der Waals surface area contributed by atoms with Crippen LogP contribution in [-0.4, -0.2) is 26.3 Å². The number of para-hydroxylation sites is 1. The zero-order valence-electron chi connectivity index (χ0n) is 18.8. The number of nitrogens with zero attached hydrogens (tertiary/aromatic N) is 1. The average Bonchev–Trinajstić information content (AvgIpc) is 2.80.